The van der Waals surface area contributed by atoms with Gasteiger partial charge in [0.1, 0.15) is 6.73 Å². The summed E-state index contributed by atoms with van der Waals surface area (Å²) in [4.78, 5) is 0. The topological polar surface area (TPSA) is 48.1 Å². The van der Waals surface area contributed by atoms with Gasteiger partial charge in [-0.1, -0.05) is 0 Å². The van der Waals surface area contributed by atoms with E-state index in [0.29, 0.717) is 0 Å². The molecule has 44 valence electrons. The molecule has 0 aliphatic heterocycles. The first-order valence-corrected chi connectivity index (χ1v) is 2.99. The fourth-order valence-electron chi connectivity index (χ4n) is 0.363. The van der Waals surface area contributed by atoms with Crippen LogP contribution in [0, 0.1) is 0 Å². The Kier molecular flexibility index (Phi) is 1.82. The van der Waals surface area contributed by atoms with Crippen LogP contribution in [0.3, 0.4) is 0 Å². The minimum absolute atomic E-state index is 0.221. The molecular weight excluding hydrogens is 124 g/mol. The van der Waals surface area contributed by atoms with E-state index >= 15 is 0 Å². The van der Waals surface area contributed by atoms with Gasteiger partial charge in [0.05, 0.1) is 11.6 Å². The van der Waals surface area contributed by atoms with Gasteiger partial charge in [0.2, 0.25) is 0 Å². The molecule has 8 heavy (non-hydrogen) atoms. The van der Waals surface area contributed by atoms with E-state index < -0.39 is 0 Å². The number of nitrogens with zero attached hydrogens (tertiary/aromatic N) is 1. The van der Waals surface area contributed by atoms with Gasteiger partial charge in [0, 0.05) is 0 Å². The molecule has 3 nitrogen and oxygen atoms in total. The average Bonchev–Trinajstić information content (AvgIpc) is 2.19. The maximum Gasteiger partial charge on any atom is 0.152 e. The van der Waals surface area contributed by atoms with E-state index in [-0.39, 0.29) is 6.73 Å². The summed E-state index contributed by atoms with van der Waals surface area (Å²) < 4.78 is 8.67. The second-order valence-electron chi connectivity index (χ2n) is 1.17. The highest BCUT2D eigenvalue weighted by Gasteiger charge is 1.88. The van der Waals surface area contributed by atoms with Crippen molar-refractivity contribution in [1.29, 1.82) is 0 Å². The lowest BCUT2D eigenvalue weighted by molar-refractivity contribution is 0.330. The molecule has 1 heterocycles. The largest absolute Gasteiger partial charge is 0.476 e. The summed E-state index contributed by atoms with van der Waals surface area (Å²) in [6, 6.07) is 0. The van der Waals surface area contributed by atoms with E-state index in [4.69, 9.17) is 10.5 Å². The van der Waals surface area contributed by atoms with Crippen LogP contribution in [0.2, 0.25) is 0 Å². The molecule has 0 saturated heterocycles. The van der Waals surface area contributed by atoms with Crippen molar-refractivity contribution in [2.75, 3.05) is 6.73 Å². The van der Waals surface area contributed by atoms with Crippen molar-refractivity contribution in [3.05, 3.63) is 11.6 Å². The van der Waals surface area contributed by atoms with Crippen LogP contribution in [0.5, 0.6) is 5.75 Å². The van der Waals surface area contributed by atoms with Crippen LogP contribution >= 0.6 is 11.5 Å². The molecule has 0 bridgehead atoms. The Morgan fingerprint density at radius 1 is 1.88 bits per heavy atom. The predicted molar refractivity (Wildman–Crippen MR) is 31.8 cm³/mol. The Balaban J connectivity index is 2.50. The van der Waals surface area contributed by atoms with Gasteiger partial charge in [-0.2, -0.15) is 4.37 Å². The van der Waals surface area contributed by atoms with Gasteiger partial charge in [-0.05, 0) is 11.5 Å². The normalized spacial score (nSPS) is 9.12. The number of ether oxygens (including phenoxy) is 1. The smallest absolute Gasteiger partial charge is 0.152 e. The van der Waals surface area contributed by atoms with Gasteiger partial charge in [0.25, 0.3) is 0 Å². The molecule has 1 aromatic rings. The summed E-state index contributed by atoms with van der Waals surface area (Å²) in [6.45, 7) is 0.221. The quantitative estimate of drug-likeness (QED) is 0.591. The Hall–Kier alpha value is -0.610. The van der Waals surface area contributed by atoms with Gasteiger partial charge < -0.3 is 4.74 Å². The monoisotopic (exact) mass is 130 g/mol. The SMILES string of the molecule is NCOc1cnsc1. The van der Waals surface area contributed by atoms with Crippen LogP contribution in [-0.2, 0) is 0 Å². The molecule has 0 saturated carbocycles. The molecular formula is C4H6N2OS. The van der Waals surface area contributed by atoms with Crippen molar-refractivity contribution in [2.24, 2.45) is 5.73 Å². The Morgan fingerprint density at radius 3 is 3.25 bits per heavy atom. The minimum Gasteiger partial charge on any atom is -0.476 e. The van der Waals surface area contributed by atoms with Crippen LogP contribution in [0.1, 0.15) is 0 Å². The lowest BCUT2D eigenvalue weighted by Gasteiger charge is -1.93. The highest BCUT2D eigenvalue weighted by molar-refractivity contribution is 7.03. The van der Waals surface area contributed by atoms with Gasteiger partial charge >= 0.3 is 0 Å². The maximum absolute atomic E-state index is 5.07. The summed E-state index contributed by atoms with van der Waals surface area (Å²) in [6.07, 6.45) is 1.64. The van der Waals surface area contributed by atoms with Crippen molar-refractivity contribution >= 4 is 11.5 Å². The zero-order valence-electron chi connectivity index (χ0n) is 4.20. The van der Waals surface area contributed by atoms with Crippen LogP contribution in [0.15, 0.2) is 11.6 Å². The highest BCUT2D eigenvalue weighted by Crippen LogP contribution is 2.09. The first-order chi connectivity index (χ1) is 3.93. The van der Waals surface area contributed by atoms with Gasteiger partial charge in [-0.15, -0.1) is 0 Å². The summed E-state index contributed by atoms with van der Waals surface area (Å²) in [5, 5.41) is 1.80. The third-order valence-corrected chi connectivity index (χ3v) is 1.22. The van der Waals surface area contributed by atoms with Crippen molar-refractivity contribution < 1.29 is 4.74 Å². The second-order valence-corrected chi connectivity index (χ2v) is 1.83. The second kappa shape index (κ2) is 2.64. The standard InChI is InChI=1S/C4H6N2OS/c5-3-7-4-1-6-8-2-4/h1-2H,3,5H2. The first-order valence-electron chi connectivity index (χ1n) is 2.15. The average molecular weight is 130 g/mol. The van der Waals surface area contributed by atoms with Crippen molar-refractivity contribution in [1.82, 2.24) is 4.37 Å². The molecule has 0 fully saturated rings. The van der Waals surface area contributed by atoms with Crippen LogP contribution < -0.4 is 10.5 Å². The summed E-state index contributed by atoms with van der Waals surface area (Å²) in [5.74, 6) is 0.748. The van der Waals surface area contributed by atoms with E-state index in [9.17, 15) is 0 Å². The zero-order valence-corrected chi connectivity index (χ0v) is 5.02. The molecule has 0 radical (unpaired) electrons. The lowest BCUT2D eigenvalue weighted by atomic mass is 10.7. The maximum atomic E-state index is 5.07. The van der Waals surface area contributed by atoms with E-state index in [1.165, 1.54) is 11.5 Å². The Bertz CT molecular complexity index is 140. The lowest BCUT2D eigenvalue weighted by Crippen LogP contribution is -2.06. The highest BCUT2D eigenvalue weighted by atomic mass is 32.1. The number of aromatic nitrogens is 1. The first kappa shape index (κ1) is 5.53. The fraction of sp³-hybridized carbons (Fsp3) is 0.250. The molecule has 2 N–H and O–H groups in total. The molecule has 0 unspecified atom stereocenters. The third-order valence-electron chi connectivity index (χ3n) is 0.660. The molecule has 0 atom stereocenters. The van der Waals surface area contributed by atoms with Crippen LogP contribution in [0.4, 0.5) is 0 Å². The van der Waals surface area contributed by atoms with E-state index in [2.05, 4.69) is 4.37 Å². The van der Waals surface area contributed by atoms with E-state index in [1.54, 1.807) is 11.6 Å². The molecule has 0 aromatic carbocycles. The van der Waals surface area contributed by atoms with Gasteiger partial charge in [0.15, 0.2) is 5.75 Å². The van der Waals surface area contributed by atoms with Crippen molar-refractivity contribution in [2.45, 2.75) is 0 Å². The number of nitrogens with two attached hydrogens (primary N) is 1. The third kappa shape index (κ3) is 1.18. The van der Waals surface area contributed by atoms with E-state index in [1.807, 2.05) is 0 Å². The zero-order chi connectivity index (χ0) is 5.82. The summed E-state index contributed by atoms with van der Waals surface area (Å²) in [5.41, 5.74) is 5.07. The molecule has 0 aliphatic rings. The Morgan fingerprint density at radius 2 is 2.75 bits per heavy atom. The van der Waals surface area contributed by atoms with Crippen molar-refractivity contribution in [3.8, 4) is 5.75 Å². The summed E-state index contributed by atoms with van der Waals surface area (Å²) in [7, 11) is 0. The molecule has 0 spiro atoms. The molecule has 4 heteroatoms. The van der Waals surface area contributed by atoms with Crippen LogP contribution in [-0.4, -0.2) is 11.1 Å². The number of rotatable bonds is 2. The minimum atomic E-state index is 0.221. The van der Waals surface area contributed by atoms with Gasteiger partial charge in [-0.3, -0.25) is 5.73 Å². The van der Waals surface area contributed by atoms with E-state index in [0.717, 1.165) is 5.75 Å². The predicted octanol–water partition coefficient (Wildman–Crippen LogP) is 0.438. The molecule has 1 rings (SSSR count). The Labute approximate surface area is 51.3 Å². The number of hydrogen-bond donors (Lipinski definition) is 1. The van der Waals surface area contributed by atoms with Crippen molar-refractivity contribution in [3.63, 3.8) is 0 Å². The molecule has 0 aliphatic carbocycles. The fourth-order valence-corrected chi connectivity index (χ4v) is 0.821. The van der Waals surface area contributed by atoms with Crippen LogP contribution in [0.25, 0.3) is 0 Å². The molecule has 1 aromatic heterocycles. The molecule has 0 amide bonds. The van der Waals surface area contributed by atoms with Gasteiger partial charge in [-0.25, -0.2) is 0 Å². The number of hydrogen-bond acceptors (Lipinski definition) is 4. The summed E-state index contributed by atoms with van der Waals surface area (Å²) >= 11 is 1.35.